The molecule has 1 aromatic rings. The van der Waals surface area contributed by atoms with Crippen molar-refractivity contribution in [3.8, 4) is 0 Å². The first-order chi connectivity index (χ1) is 8.16. The number of carbonyl (C=O) groups excluding carboxylic acids is 1. The molecule has 0 aromatic heterocycles. The van der Waals surface area contributed by atoms with Gasteiger partial charge in [-0.2, -0.15) is 0 Å². The van der Waals surface area contributed by atoms with E-state index in [0.29, 0.717) is 24.9 Å². The van der Waals surface area contributed by atoms with Gasteiger partial charge in [0.15, 0.2) is 5.78 Å². The van der Waals surface area contributed by atoms with Gasteiger partial charge in [0.2, 0.25) is 0 Å². The number of ketones is 1. The maximum Gasteiger partial charge on any atom is 0.307 e. The minimum absolute atomic E-state index is 0.0104. The number of carbonyl (C=O) groups is 2. The van der Waals surface area contributed by atoms with Gasteiger partial charge in [-0.25, -0.2) is 0 Å². The Hall–Kier alpha value is -1.68. The smallest absolute Gasteiger partial charge is 0.307 e. The number of nitrogens with one attached hydrogen (secondary N) is 1. The fraction of sp³-hybridized carbons (Fsp3) is 0.385. The molecule has 0 bridgehead atoms. The van der Waals surface area contributed by atoms with Crippen molar-refractivity contribution in [1.29, 1.82) is 0 Å². The van der Waals surface area contributed by atoms with Crippen LogP contribution in [0.3, 0.4) is 0 Å². The summed E-state index contributed by atoms with van der Waals surface area (Å²) in [5.41, 5.74) is 0.688. The van der Waals surface area contributed by atoms with Crippen molar-refractivity contribution in [3.63, 3.8) is 0 Å². The molecule has 2 N–H and O–H groups in total. The molecule has 4 heteroatoms. The average molecular weight is 233 g/mol. The lowest BCUT2D eigenvalue weighted by molar-refractivity contribution is -0.141. The molecule has 1 aromatic carbocycles. The van der Waals surface area contributed by atoms with Gasteiger partial charge in [0.1, 0.15) is 0 Å². The molecule has 1 heterocycles. The summed E-state index contributed by atoms with van der Waals surface area (Å²) in [7, 11) is 0. The summed E-state index contributed by atoms with van der Waals surface area (Å²) in [5.74, 6) is -1.08. The van der Waals surface area contributed by atoms with E-state index >= 15 is 0 Å². The first kappa shape index (κ1) is 11.8. The van der Waals surface area contributed by atoms with E-state index in [2.05, 4.69) is 5.32 Å². The van der Waals surface area contributed by atoms with E-state index in [9.17, 15) is 9.59 Å². The number of rotatable bonds is 4. The fourth-order valence-electron chi connectivity index (χ4n) is 2.13. The van der Waals surface area contributed by atoms with Gasteiger partial charge in [0.05, 0.1) is 5.92 Å². The van der Waals surface area contributed by atoms with Crippen molar-refractivity contribution < 1.29 is 14.7 Å². The average Bonchev–Trinajstić information content (AvgIpc) is 2.79. The Morgan fingerprint density at radius 2 is 2.00 bits per heavy atom. The second-order valence-electron chi connectivity index (χ2n) is 4.37. The number of hydrogen-bond acceptors (Lipinski definition) is 3. The van der Waals surface area contributed by atoms with Gasteiger partial charge in [-0.15, -0.1) is 0 Å². The molecular weight excluding hydrogens is 218 g/mol. The summed E-state index contributed by atoms with van der Waals surface area (Å²) < 4.78 is 0. The lowest BCUT2D eigenvalue weighted by atomic mass is 9.99. The van der Waals surface area contributed by atoms with Crippen molar-refractivity contribution in [1.82, 2.24) is 5.32 Å². The number of carboxylic acid groups (broad SMARTS) is 1. The van der Waals surface area contributed by atoms with Crippen LogP contribution in [0, 0.1) is 5.92 Å². The number of aliphatic carboxylic acids is 1. The predicted octanol–water partition coefficient (Wildman–Crippen LogP) is 1.32. The third-order valence-corrected chi connectivity index (χ3v) is 3.10. The summed E-state index contributed by atoms with van der Waals surface area (Å²) in [6.07, 6.45) is 0.904. The van der Waals surface area contributed by atoms with Crippen LogP contribution in [0.25, 0.3) is 0 Å². The highest BCUT2D eigenvalue weighted by atomic mass is 16.4. The molecular formula is C13H15NO3. The van der Waals surface area contributed by atoms with E-state index in [0.717, 1.165) is 0 Å². The Labute approximate surface area is 99.6 Å². The topological polar surface area (TPSA) is 66.4 Å². The van der Waals surface area contributed by atoms with Crippen molar-refractivity contribution in [2.75, 3.05) is 6.54 Å². The predicted molar refractivity (Wildman–Crippen MR) is 62.9 cm³/mol. The van der Waals surface area contributed by atoms with E-state index in [1.54, 1.807) is 12.1 Å². The minimum atomic E-state index is -0.785. The van der Waals surface area contributed by atoms with Gasteiger partial charge in [-0.05, 0) is 6.42 Å². The highest BCUT2D eigenvalue weighted by Gasteiger charge is 2.30. The molecule has 1 saturated heterocycles. The molecule has 1 fully saturated rings. The monoisotopic (exact) mass is 233 g/mol. The van der Waals surface area contributed by atoms with Gasteiger partial charge >= 0.3 is 5.97 Å². The summed E-state index contributed by atoms with van der Waals surface area (Å²) in [6, 6.07) is 9.08. The molecule has 1 aliphatic rings. The van der Waals surface area contributed by atoms with Crippen molar-refractivity contribution in [2.24, 2.45) is 5.92 Å². The van der Waals surface area contributed by atoms with E-state index in [-0.39, 0.29) is 17.7 Å². The molecule has 0 saturated carbocycles. The Bertz CT molecular complexity index is 416. The Morgan fingerprint density at radius 1 is 1.29 bits per heavy atom. The van der Waals surface area contributed by atoms with Crippen LogP contribution in [0.15, 0.2) is 30.3 Å². The second-order valence-corrected chi connectivity index (χ2v) is 4.37. The third-order valence-electron chi connectivity index (χ3n) is 3.10. The van der Waals surface area contributed by atoms with Gasteiger partial charge in [-0.1, -0.05) is 30.3 Å². The Balaban J connectivity index is 1.91. The van der Waals surface area contributed by atoms with Gasteiger partial charge < -0.3 is 10.4 Å². The third kappa shape index (κ3) is 2.91. The zero-order chi connectivity index (χ0) is 12.3. The number of carboxylic acids is 1. The number of Topliss-reactive ketones (excluding diaryl/α,β-unsaturated/α-hetero) is 1. The van der Waals surface area contributed by atoms with Crippen LogP contribution in [0.2, 0.25) is 0 Å². The number of hydrogen-bond donors (Lipinski definition) is 2. The molecule has 0 radical (unpaired) electrons. The zero-order valence-corrected chi connectivity index (χ0v) is 9.43. The fourth-order valence-corrected chi connectivity index (χ4v) is 2.13. The van der Waals surface area contributed by atoms with E-state index in [1.807, 2.05) is 18.2 Å². The number of benzene rings is 1. The molecule has 0 aliphatic carbocycles. The van der Waals surface area contributed by atoms with E-state index in [4.69, 9.17) is 5.11 Å². The SMILES string of the molecule is O=C(CC1CC(C(=O)O)CN1)c1ccccc1. The van der Waals surface area contributed by atoms with Crippen LogP contribution in [0.4, 0.5) is 0 Å². The van der Waals surface area contributed by atoms with Crippen LogP contribution in [0.5, 0.6) is 0 Å². The van der Waals surface area contributed by atoms with Gasteiger partial charge in [-0.3, -0.25) is 9.59 Å². The lowest BCUT2D eigenvalue weighted by Gasteiger charge is -2.08. The van der Waals surface area contributed by atoms with Crippen LogP contribution in [0.1, 0.15) is 23.2 Å². The maximum absolute atomic E-state index is 11.9. The minimum Gasteiger partial charge on any atom is -0.481 e. The Kier molecular flexibility index (Phi) is 3.54. The molecule has 2 rings (SSSR count). The molecule has 2 unspecified atom stereocenters. The summed E-state index contributed by atoms with van der Waals surface area (Å²) >= 11 is 0. The second kappa shape index (κ2) is 5.10. The first-order valence-corrected chi connectivity index (χ1v) is 5.71. The van der Waals surface area contributed by atoms with Crippen LogP contribution >= 0.6 is 0 Å². The van der Waals surface area contributed by atoms with Crippen LogP contribution in [-0.2, 0) is 4.79 Å². The molecule has 2 atom stereocenters. The molecule has 0 spiro atoms. The molecule has 90 valence electrons. The van der Waals surface area contributed by atoms with E-state index < -0.39 is 5.97 Å². The van der Waals surface area contributed by atoms with Crippen molar-refractivity contribution in [2.45, 2.75) is 18.9 Å². The maximum atomic E-state index is 11.9. The largest absolute Gasteiger partial charge is 0.481 e. The van der Waals surface area contributed by atoms with Gasteiger partial charge in [0, 0.05) is 24.6 Å². The molecule has 1 aliphatic heterocycles. The lowest BCUT2D eigenvalue weighted by Crippen LogP contribution is -2.24. The summed E-state index contributed by atoms with van der Waals surface area (Å²) in [5, 5.41) is 11.9. The standard InChI is InChI=1S/C13H15NO3/c15-12(9-4-2-1-3-5-9)7-11-6-10(8-14-11)13(16)17/h1-5,10-11,14H,6-8H2,(H,16,17). The van der Waals surface area contributed by atoms with Crippen LogP contribution < -0.4 is 5.32 Å². The zero-order valence-electron chi connectivity index (χ0n) is 9.43. The quantitative estimate of drug-likeness (QED) is 0.770. The molecule has 0 amide bonds. The Morgan fingerprint density at radius 3 is 2.59 bits per heavy atom. The van der Waals surface area contributed by atoms with Crippen molar-refractivity contribution >= 4 is 11.8 Å². The molecule has 17 heavy (non-hydrogen) atoms. The van der Waals surface area contributed by atoms with Crippen molar-refractivity contribution in [3.05, 3.63) is 35.9 Å². The summed E-state index contributed by atoms with van der Waals surface area (Å²) in [6.45, 7) is 0.460. The highest BCUT2D eigenvalue weighted by molar-refractivity contribution is 5.96. The van der Waals surface area contributed by atoms with E-state index in [1.165, 1.54) is 0 Å². The first-order valence-electron chi connectivity index (χ1n) is 5.71. The summed E-state index contributed by atoms with van der Waals surface area (Å²) in [4.78, 5) is 22.7. The van der Waals surface area contributed by atoms with Crippen LogP contribution in [-0.4, -0.2) is 29.4 Å². The molecule has 4 nitrogen and oxygen atoms in total. The normalized spacial score (nSPS) is 23.5. The highest BCUT2D eigenvalue weighted by Crippen LogP contribution is 2.18. The van der Waals surface area contributed by atoms with Gasteiger partial charge in [0.25, 0.3) is 0 Å².